The molecule has 1 heterocycles. The molecule has 13 nitrogen and oxygen atoms in total. The summed E-state index contributed by atoms with van der Waals surface area (Å²) >= 11 is 0. The Hall–Kier alpha value is -2.29. The number of ketones is 1. The van der Waals surface area contributed by atoms with E-state index in [4.69, 9.17) is 10.2 Å². The first-order valence-corrected chi connectivity index (χ1v) is 13.7. The molecule has 0 aromatic heterocycles. The zero-order chi connectivity index (χ0) is 31.7. The number of aliphatic hydroxyl groups is 2. The van der Waals surface area contributed by atoms with Crippen molar-refractivity contribution in [2.24, 2.45) is 5.92 Å². The third-order valence-electron chi connectivity index (χ3n) is 6.25. The van der Waals surface area contributed by atoms with Gasteiger partial charge in [-0.3, -0.25) is 29.2 Å². The lowest BCUT2D eigenvalue weighted by Crippen LogP contribution is -2.53. The summed E-state index contributed by atoms with van der Waals surface area (Å²) in [6, 6.07) is -1.21. The zero-order valence-electron chi connectivity index (χ0n) is 25.5. The van der Waals surface area contributed by atoms with Gasteiger partial charge in [0.2, 0.25) is 0 Å². The lowest BCUT2D eigenvalue weighted by molar-refractivity contribution is -0.144. The third kappa shape index (κ3) is 18.9. The molecule has 0 bridgehead atoms. The number of aliphatic hydroxyl groups excluding tert-OH is 2. The number of carbonyl (C=O) groups excluding carboxylic acids is 3. The fourth-order valence-electron chi connectivity index (χ4n) is 4.24. The second kappa shape index (κ2) is 26.9. The van der Waals surface area contributed by atoms with Gasteiger partial charge in [-0.15, -0.1) is 0 Å². The SMILES string of the molecule is CC.CC(=O)CCC(C(=O)O)N1CCN(CC=O)CCN(C(C=O)C(C)C)CCN(CC(=O)O)CC1.CO.CO. The Morgan fingerprint density at radius 1 is 0.775 bits per heavy atom. The van der Waals surface area contributed by atoms with Crippen LogP contribution in [0.5, 0.6) is 0 Å². The molecule has 0 amide bonds. The molecular weight excluding hydrogens is 524 g/mol. The Labute approximate surface area is 239 Å². The number of hydrogen-bond acceptors (Lipinski definition) is 11. The van der Waals surface area contributed by atoms with Crippen LogP contribution in [0, 0.1) is 5.92 Å². The monoisotopic (exact) mass is 578 g/mol. The maximum absolute atomic E-state index is 12.0. The van der Waals surface area contributed by atoms with E-state index in [0.29, 0.717) is 52.4 Å². The van der Waals surface area contributed by atoms with Crippen molar-refractivity contribution in [1.82, 2.24) is 19.6 Å². The largest absolute Gasteiger partial charge is 0.480 e. The van der Waals surface area contributed by atoms with E-state index >= 15 is 0 Å². The Balaban J connectivity index is -0.00000213. The van der Waals surface area contributed by atoms with Crippen LogP contribution in [0.4, 0.5) is 0 Å². The first-order chi connectivity index (χ1) is 19.1. The number of carboxylic acid groups (broad SMARTS) is 2. The molecule has 1 aliphatic heterocycles. The number of carbonyl (C=O) groups is 5. The van der Waals surface area contributed by atoms with E-state index in [2.05, 4.69) is 0 Å². The highest BCUT2D eigenvalue weighted by atomic mass is 16.4. The number of rotatable bonds is 12. The number of nitrogens with zero attached hydrogens (tertiary/aromatic N) is 4. The van der Waals surface area contributed by atoms with Crippen LogP contribution in [-0.2, 0) is 24.0 Å². The Kier molecular flexibility index (Phi) is 28.4. The second-order valence-electron chi connectivity index (χ2n) is 9.17. The summed E-state index contributed by atoms with van der Waals surface area (Å²) in [5.41, 5.74) is 0. The summed E-state index contributed by atoms with van der Waals surface area (Å²) in [6.07, 6.45) is 2.03. The van der Waals surface area contributed by atoms with Crippen LogP contribution in [0.1, 0.15) is 47.5 Å². The third-order valence-corrected chi connectivity index (χ3v) is 6.25. The van der Waals surface area contributed by atoms with Crippen molar-refractivity contribution in [3.05, 3.63) is 0 Å². The Morgan fingerprint density at radius 3 is 1.57 bits per heavy atom. The summed E-state index contributed by atoms with van der Waals surface area (Å²) in [5, 5.41) is 33.2. The number of aldehydes is 2. The lowest BCUT2D eigenvalue weighted by Gasteiger charge is -2.37. The second-order valence-corrected chi connectivity index (χ2v) is 9.17. The molecule has 236 valence electrons. The van der Waals surface area contributed by atoms with Gasteiger partial charge in [0.15, 0.2) is 0 Å². The summed E-state index contributed by atoms with van der Waals surface area (Å²) < 4.78 is 0. The van der Waals surface area contributed by atoms with Gasteiger partial charge in [0.25, 0.3) is 0 Å². The van der Waals surface area contributed by atoms with E-state index in [9.17, 15) is 34.2 Å². The smallest absolute Gasteiger partial charge is 0.320 e. The zero-order valence-corrected chi connectivity index (χ0v) is 25.5. The highest BCUT2D eigenvalue weighted by Gasteiger charge is 2.28. The first kappa shape index (κ1) is 42.2. The number of Topliss-reactive ketones (excluding diaryl/α,β-unsaturated/α-hetero) is 1. The van der Waals surface area contributed by atoms with E-state index in [1.165, 1.54) is 6.92 Å². The topological polar surface area (TPSA) is 179 Å². The number of carboxylic acids is 2. The molecule has 4 N–H and O–H groups in total. The van der Waals surface area contributed by atoms with E-state index in [1.807, 2.05) is 37.5 Å². The molecule has 2 unspecified atom stereocenters. The van der Waals surface area contributed by atoms with Gasteiger partial charge < -0.3 is 34.8 Å². The molecule has 1 saturated heterocycles. The molecule has 0 spiro atoms. The van der Waals surface area contributed by atoms with Crippen LogP contribution in [0.25, 0.3) is 0 Å². The van der Waals surface area contributed by atoms with Crippen LogP contribution in [0.15, 0.2) is 0 Å². The Morgan fingerprint density at radius 2 is 1.23 bits per heavy atom. The molecule has 0 aromatic carbocycles. The van der Waals surface area contributed by atoms with E-state index in [1.54, 1.807) is 9.80 Å². The molecule has 1 aliphatic rings. The van der Waals surface area contributed by atoms with Crippen LogP contribution >= 0.6 is 0 Å². The van der Waals surface area contributed by atoms with Gasteiger partial charge in [0, 0.05) is 73.0 Å². The normalized spacial score (nSPS) is 17.6. The molecule has 1 fully saturated rings. The maximum Gasteiger partial charge on any atom is 0.320 e. The van der Waals surface area contributed by atoms with Gasteiger partial charge in [-0.1, -0.05) is 27.7 Å². The summed E-state index contributed by atoms with van der Waals surface area (Å²) in [7, 11) is 2.00. The van der Waals surface area contributed by atoms with Gasteiger partial charge in [0.1, 0.15) is 24.4 Å². The summed E-state index contributed by atoms with van der Waals surface area (Å²) in [5.74, 6) is -2.03. The quantitative estimate of drug-likeness (QED) is 0.224. The molecule has 0 aromatic rings. The van der Waals surface area contributed by atoms with Gasteiger partial charge in [-0.25, -0.2) is 0 Å². The van der Waals surface area contributed by atoms with Crippen molar-refractivity contribution in [1.29, 1.82) is 0 Å². The summed E-state index contributed by atoms with van der Waals surface area (Å²) in [6.45, 7) is 12.6. The lowest BCUT2D eigenvalue weighted by atomic mass is 10.0. The van der Waals surface area contributed by atoms with Gasteiger partial charge >= 0.3 is 11.9 Å². The molecule has 2 atom stereocenters. The molecule has 0 radical (unpaired) electrons. The predicted molar refractivity (Wildman–Crippen MR) is 153 cm³/mol. The van der Waals surface area contributed by atoms with Crippen LogP contribution in [0.2, 0.25) is 0 Å². The molecule has 13 heteroatoms. The highest BCUT2D eigenvalue weighted by molar-refractivity contribution is 5.78. The minimum Gasteiger partial charge on any atom is -0.480 e. The fourth-order valence-corrected chi connectivity index (χ4v) is 4.24. The minimum atomic E-state index is -1.03. The van der Waals surface area contributed by atoms with Crippen molar-refractivity contribution in [3.8, 4) is 0 Å². The molecule has 1 rings (SSSR count). The van der Waals surface area contributed by atoms with Crippen LogP contribution in [0.3, 0.4) is 0 Å². The first-order valence-electron chi connectivity index (χ1n) is 13.7. The van der Waals surface area contributed by atoms with Gasteiger partial charge in [-0.05, 0) is 19.3 Å². The van der Waals surface area contributed by atoms with Crippen LogP contribution < -0.4 is 0 Å². The average molecular weight is 579 g/mol. The van der Waals surface area contributed by atoms with Crippen molar-refractivity contribution < 1.29 is 44.4 Å². The van der Waals surface area contributed by atoms with Crippen molar-refractivity contribution in [2.75, 3.05) is 79.7 Å². The van der Waals surface area contributed by atoms with E-state index < -0.39 is 18.0 Å². The van der Waals surface area contributed by atoms with Crippen molar-refractivity contribution in [2.45, 2.75) is 59.5 Å². The van der Waals surface area contributed by atoms with Crippen molar-refractivity contribution >= 4 is 30.3 Å². The Bertz CT molecular complexity index is 695. The molecular formula is C27H54N4O9. The highest BCUT2D eigenvalue weighted by Crippen LogP contribution is 2.13. The fraction of sp³-hybridized carbons (Fsp3) is 0.815. The standard InChI is InChI=1S/C23H40N4O7.C2H6.2CH4O/c1-18(2)21(17-29)27-11-7-24(14-15-28)6-10-26(20(23(33)34)5-4-19(3)30)12-8-25(9-13-27)16-22(31)32;3*1-2/h15,17-18,20-21H,4-14,16H2,1-3H3,(H,31,32)(H,33,34);1-2H3;2*2H,1H3. The van der Waals surface area contributed by atoms with E-state index in [-0.39, 0.29) is 43.7 Å². The maximum atomic E-state index is 12.0. The predicted octanol–water partition coefficient (Wildman–Crippen LogP) is -0.219. The van der Waals surface area contributed by atoms with Gasteiger partial charge in [0.05, 0.1) is 19.1 Å². The van der Waals surface area contributed by atoms with Crippen LogP contribution in [-0.4, -0.2) is 162 Å². The number of hydrogen-bond donors (Lipinski definition) is 4. The average Bonchev–Trinajstić information content (AvgIpc) is 2.92. The molecule has 40 heavy (non-hydrogen) atoms. The van der Waals surface area contributed by atoms with E-state index in [0.717, 1.165) is 26.8 Å². The molecule has 0 aliphatic carbocycles. The van der Waals surface area contributed by atoms with Crippen molar-refractivity contribution in [3.63, 3.8) is 0 Å². The number of aliphatic carboxylic acids is 2. The molecule has 0 saturated carbocycles. The van der Waals surface area contributed by atoms with Gasteiger partial charge in [-0.2, -0.15) is 0 Å². The summed E-state index contributed by atoms with van der Waals surface area (Å²) in [4.78, 5) is 65.4. The minimum absolute atomic E-state index is 0.0749.